The van der Waals surface area contributed by atoms with Crippen LogP contribution in [0.5, 0.6) is 0 Å². The number of unbranched alkanes of at least 4 members (excludes halogenated alkanes) is 1. The summed E-state index contributed by atoms with van der Waals surface area (Å²) in [6.45, 7) is 5.44. The zero-order valence-corrected chi connectivity index (χ0v) is 22.0. The van der Waals surface area contributed by atoms with Crippen molar-refractivity contribution in [3.8, 4) is 0 Å². The quantitative estimate of drug-likeness (QED) is 0.252. The molecule has 0 spiro atoms. The fourth-order valence-corrected chi connectivity index (χ4v) is 4.02. The number of benzene rings is 1. The van der Waals surface area contributed by atoms with E-state index in [2.05, 4.69) is 10.6 Å². The summed E-state index contributed by atoms with van der Waals surface area (Å²) in [4.78, 5) is 66.3. The van der Waals surface area contributed by atoms with Crippen LogP contribution >= 0.6 is 0 Å². The van der Waals surface area contributed by atoms with Crippen molar-refractivity contribution < 1.29 is 33.4 Å². The van der Waals surface area contributed by atoms with Crippen LogP contribution in [0.2, 0.25) is 0 Å². The molecule has 204 valence electrons. The van der Waals surface area contributed by atoms with Gasteiger partial charge in [0.1, 0.15) is 23.7 Å². The molecule has 0 aromatic heterocycles. The molecule has 0 saturated carbocycles. The smallest absolute Gasteiger partial charge is 0.408 e. The number of carbonyl (C=O) groups excluding carboxylic acids is 5. The molecule has 4 N–H and O–H groups in total. The maximum absolute atomic E-state index is 13.8. The molecule has 0 aliphatic carbocycles. The Morgan fingerprint density at radius 2 is 1.84 bits per heavy atom. The number of ether oxygens (including phenoxy) is 2. The molecule has 1 aromatic rings. The van der Waals surface area contributed by atoms with Gasteiger partial charge < -0.3 is 25.8 Å². The topological polar surface area (TPSA) is 157 Å². The largest absolute Gasteiger partial charge is 0.467 e. The molecular formula is C26H38N4O7. The van der Waals surface area contributed by atoms with Crippen LogP contribution in [0.15, 0.2) is 30.3 Å². The third kappa shape index (κ3) is 9.16. The fourth-order valence-electron chi connectivity index (χ4n) is 4.02. The van der Waals surface area contributed by atoms with Crippen LogP contribution in [0, 0.1) is 0 Å². The number of hydrogen-bond acceptors (Lipinski definition) is 8. The Bertz CT molecular complexity index is 961. The van der Waals surface area contributed by atoms with Crippen molar-refractivity contribution in [1.29, 1.82) is 0 Å². The number of nitrogens with one attached hydrogen (secondary N) is 2. The predicted molar refractivity (Wildman–Crippen MR) is 135 cm³/mol. The van der Waals surface area contributed by atoms with Crippen molar-refractivity contribution in [2.75, 3.05) is 13.7 Å². The van der Waals surface area contributed by atoms with E-state index in [9.17, 15) is 24.0 Å². The van der Waals surface area contributed by atoms with Gasteiger partial charge in [0, 0.05) is 12.8 Å². The van der Waals surface area contributed by atoms with Crippen LogP contribution in [0.3, 0.4) is 0 Å². The van der Waals surface area contributed by atoms with Crippen LogP contribution in [0.25, 0.3) is 0 Å². The number of amides is 4. The molecule has 1 aliphatic heterocycles. The lowest BCUT2D eigenvalue weighted by atomic mass is 10.0. The molecule has 11 heteroatoms. The number of nitrogens with two attached hydrogens (primary N) is 1. The van der Waals surface area contributed by atoms with E-state index in [1.165, 1.54) is 7.11 Å². The van der Waals surface area contributed by atoms with E-state index < -0.39 is 53.5 Å². The molecule has 4 amide bonds. The molecule has 1 fully saturated rings. The molecule has 37 heavy (non-hydrogen) atoms. The lowest BCUT2D eigenvalue weighted by Gasteiger charge is -2.31. The second-order valence-corrected chi connectivity index (χ2v) is 9.91. The average molecular weight is 519 g/mol. The Labute approximate surface area is 217 Å². The Kier molecular flexibility index (Phi) is 11.0. The minimum Gasteiger partial charge on any atom is -0.467 e. The van der Waals surface area contributed by atoms with Crippen molar-refractivity contribution in [2.24, 2.45) is 5.73 Å². The second kappa shape index (κ2) is 13.7. The lowest BCUT2D eigenvalue weighted by Crippen LogP contribution is -2.57. The third-order valence-corrected chi connectivity index (χ3v) is 5.77. The monoisotopic (exact) mass is 518 g/mol. The molecule has 2 rings (SSSR count). The lowest BCUT2D eigenvalue weighted by molar-refractivity contribution is -0.161. The fraction of sp³-hybridized carbons (Fsp3) is 0.577. The summed E-state index contributed by atoms with van der Waals surface area (Å²) in [5, 5.41) is 5.18. The predicted octanol–water partition coefficient (Wildman–Crippen LogP) is 1.43. The molecule has 3 atom stereocenters. The van der Waals surface area contributed by atoms with E-state index in [-0.39, 0.29) is 25.7 Å². The Hall–Kier alpha value is -3.47. The van der Waals surface area contributed by atoms with Gasteiger partial charge in [-0.1, -0.05) is 30.3 Å². The molecule has 1 heterocycles. The van der Waals surface area contributed by atoms with Crippen molar-refractivity contribution in [1.82, 2.24) is 15.5 Å². The first-order valence-corrected chi connectivity index (χ1v) is 12.4. The molecule has 1 aromatic carbocycles. The van der Waals surface area contributed by atoms with Gasteiger partial charge in [-0.25, -0.2) is 9.59 Å². The number of hydrogen-bond donors (Lipinski definition) is 3. The summed E-state index contributed by atoms with van der Waals surface area (Å²) in [5.74, 6) is -2.72. The highest BCUT2D eigenvalue weighted by Gasteiger charge is 2.41. The highest BCUT2D eigenvalue weighted by Crippen LogP contribution is 2.19. The van der Waals surface area contributed by atoms with Gasteiger partial charge in [0.15, 0.2) is 0 Å². The number of nitrogens with zero attached hydrogens (tertiary/aromatic N) is 1. The van der Waals surface area contributed by atoms with E-state index in [4.69, 9.17) is 15.2 Å². The first-order valence-electron chi connectivity index (χ1n) is 12.4. The first kappa shape index (κ1) is 29.8. The number of carbonyl (C=O) groups is 5. The average Bonchev–Trinajstić information content (AvgIpc) is 2.87. The molecule has 0 unspecified atom stereocenters. The summed E-state index contributed by atoms with van der Waals surface area (Å²) in [6.07, 6.45) is 0.154. The molecule has 11 nitrogen and oxygen atoms in total. The Balaban J connectivity index is 2.42. The van der Waals surface area contributed by atoms with Gasteiger partial charge in [0.25, 0.3) is 5.91 Å². The maximum Gasteiger partial charge on any atom is 0.408 e. The van der Waals surface area contributed by atoms with Crippen LogP contribution in [-0.4, -0.2) is 72.1 Å². The SMILES string of the molecule is COC(=O)[C@H](CCCCN)N1C(=O)CC[C@@H](NC(=O)OC(C)(C)C)C(=O)N[C@H](Cc2ccccc2)C1=O. The first-order chi connectivity index (χ1) is 17.5. The van der Waals surface area contributed by atoms with Crippen LogP contribution in [0.4, 0.5) is 4.79 Å². The van der Waals surface area contributed by atoms with Crippen molar-refractivity contribution in [3.63, 3.8) is 0 Å². The van der Waals surface area contributed by atoms with E-state index in [1.54, 1.807) is 45.0 Å². The van der Waals surface area contributed by atoms with Crippen LogP contribution in [0.1, 0.15) is 58.4 Å². The minimum absolute atomic E-state index is 0.0744. The Morgan fingerprint density at radius 3 is 2.43 bits per heavy atom. The van der Waals surface area contributed by atoms with Gasteiger partial charge in [0.2, 0.25) is 11.8 Å². The van der Waals surface area contributed by atoms with E-state index in [0.717, 1.165) is 10.5 Å². The van der Waals surface area contributed by atoms with Gasteiger partial charge >= 0.3 is 12.1 Å². The third-order valence-electron chi connectivity index (χ3n) is 5.77. The summed E-state index contributed by atoms with van der Waals surface area (Å²) in [7, 11) is 1.19. The minimum atomic E-state index is -1.17. The van der Waals surface area contributed by atoms with E-state index in [0.29, 0.717) is 19.4 Å². The Morgan fingerprint density at radius 1 is 1.16 bits per heavy atom. The van der Waals surface area contributed by atoms with Crippen molar-refractivity contribution >= 4 is 29.8 Å². The maximum atomic E-state index is 13.8. The second-order valence-electron chi connectivity index (χ2n) is 9.91. The highest BCUT2D eigenvalue weighted by atomic mass is 16.6. The zero-order chi connectivity index (χ0) is 27.6. The van der Waals surface area contributed by atoms with Gasteiger partial charge in [-0.3, -0.25) is 19.3 Å². The number of alkyl carbamates (subject to hydrolysis) is 1. The number of methoxy groups -OCH3 is 1. The van der Waals surface area contributed by atoms with E-state index in [1.807, 2.05) is 6.07 Å². The van der Waals surface area contributed by atoms with Gasteiger partial charge in [-0.2, -0.15) is 0 Å². The van der Waals surface area contributed by atoms with Gasteiger partial charge in [0.05, 0.1) is 7.11 Å². The molecule has 0 bridgehead atoms. The molecule has 0 radical (unpaired) electrons. The summed E-state index contributed by atoms with van der Waals surface area (Å²) in [5.41, 5.74) is 5.52. The van der Waals surface area contributed by atoms with E-state index >= 15 is 0 Å². The summed E-state index contributed by atoms with van der Waals surface area (Å²) >= 11 is 0. The van der Waals surface area contributed by atoms with Gasteiger partial charge in [-0.05, 0) is 58.6 Å². The highest BCUT2D eigenvalue weighted by molar-refractivity contribution is 6.04. The zero-order valence-electron chi connectivity index (χ0n) is 22.0. The summed E-state index contributed by atoms with van der Waals surface area (Å²) < 4.78 is 10.2. The molecule has 1 aliphatic rings. The normalized spacial score (nSPS) is 19.7. The number of esters is 1. The van der Waals surface area contributed by atoms with Crippen molar-refractivity contribution in [2.45, 2.75) is 83.0 Å². The standard InChI is InChI=1S/C26H38N4O7/c1-26(2,3)37-25(35)29-18-13-14-21(31)30(20(24(34)36-4)12-8-9-15-27)23(33)19(28-22(18)32)16-17-10-6-5-7-11-17/h5-7,10-11,18-20H,8-9,12-16,27H2,1-4H3,(H,28,32)(H,29,35)/t18-,19-,20+/m1/s1. The van der Waals surface area contributed by atoms with Crippen molar-refractivity contribution in [3.05, 3.63) is 35.9 Å². The number of rotatable bonds is 9. The van der Waals surface area contributed by atoms with Crippen LogP contribution in [-0.2, 0) is 35.1 Å². The van der Waals surface area contributed by atoms with Gasteiger partial charge in [-0.15, -0.1) is 0 Å². The molecule has 1 saturated heterocycles. The molecular weight excluding hydrogens is 480 g/mol. The van der Waals surface area contributed by atoms with Crippen LogP contribution < -0.4 is 16.4 Å². The number of imide groups is 1. The summed E-state index contributed by atoms with van der Waals surface area (Å²) in [6, 6.07) is 5.51.